The van der Waals surface area contributed by atoms with Crippen LogP contribution in [0.1, 0.15) is 33.6 Å². The van der Waals surface area contributed by atoms with Crippen molar-refractivity contribution in [2.75, 3.05) is 6.61 Å². The van der Waals surface area contributed by atoms with Crippen LogP contribution >= 0.6 is 0 Å². The van der Waals surface area contributed by atoms with E-state index in [1.54, 1.807) is 16.7 Å². The Bertz CT molecular complexity index is 674. The molecule has 0 unspecified atom stereocenters. The molecule has 0 fully saturated rings. The van der Waals surface area contributed by atoms with Crippen LogP contribution in [0.3, 0.4) is 0 Å². The van der Waals surface area contributed by atoms with Gasteiger partial charge in [-0.25, -0.2) is 0 Å². The fourth-order valence-corrected chi connectivity index (χ4v) is 2.21. The molecule has 0 atom stereocenters. The molecule has 0 bridgehead atoms. The molecule has 21 heavy (non-hydrogen) atoms. The predicted molar refractivity (Wildman–Crippen MR) is 83.9 cm³/mol. The fraction of sp³-hybridized carbons (Fsp3) is 0.471. The maximum absolute atomic E-state index is 12.5. The van der Waals surface area contributed by atoms with E-state index in [2.05, 4.69) is 27.0 Å². The molecule has 0 amide bonds. The number of phenols is 1. The summed E-state index contributed by atoms with van der Waals surface area (Å²) >= 11 is 0. The summed E-state index contributed by atoms with van der Waals surface area (Å²) in [5, 5.41) is 10.8. The molecule has 0 spiro atoms. The van der Waals surface area contributed by atoms with Crippen molar-refractivity contribution in [3.8, 4) is 11.5 Å². The highest BCUT2D eigenvalue weighted by molar-refractivity contribution is 5.88. The summed E-state index contributed by atoms with van der Waals surface area (Å²) in [5.41, 5.74) is -0.0958. The van der Waals surface area contributed by atoms with Crippen LogP contribution in [-0.2, 0) is 6.54 Å². The highest BCUT2D eigenvalue weighted by Gasteiger charge is 2.12. The summed E-state index contributed by atoms with van der Waals surface area (Å²) in [7, 11) is 0. The number of benzene rings is 1. The molecule has 1 aromatic heterocycles. The molecule has 2 rings (SSSR count). The maximum atomic E-state index is 12.5. The van der Waals surface area contributed by atoms with Gasteiger partial charge in [0.2, 0.25) is 0 Å². The number of rotatable bonds is 6. The zero-order chi connectivity index (χ0) is 15.4. The smallest absolute Gasteiger partial charge is 0.259 e. The number of hydrogen-bond acceptors (Lipinski definition) is 3. The van der Waals surface area contributed by atoms with E-state index in [1.807, 2.05) is 0 Å². The van der Waals surface area contributed by atoms with E-state index in [1.165, 1.54) is 6.07 Å². The van der Waals surface area contributed by atoms with Crippen molar-refractivity contribution in [2.24, 2.45) is 5.92 Å². The van der Waals surface area contributed by atoms with Gasteiger partial charge in [0.25, 0.3) is 5.56 Å². The molecule has 113 valence electrons. The molecule has 0 saturated heterocycles. The lowest BCUT2D eigenvalue weighted by molar-refractivity contribution is 0.308. The van der Waals surface area contributed by atoms with E-state index in [4.69, 9.17) is 4.74 Å². The lowest BCUT2D eigenvalue weighted by Gasteiger charge is -2.14. The molecule has 0 aliphatic heterocycles. The molecule has 0 aliphatic rings. The van der Waals surface area contributed by atoms with Crippen LogP contribution in [0.4, 0.5) is 0 Å². The Morgan fingerprint density at radius 1 is 1.33 bits per heavy atom. The summed E-state index contributed by atoms with van der Waals surface area (Å²) < 4.78 is 7.34. The second-order valence-electron chi connectivity index (χ2n) is 5.68. The van der Waals surface area contributed by atoms with E-state index in [-0.39, 0.29) is 11.3 Å². The number of fused-ring (bicyclic) bond motifs is 1. The number of nitrogens with zero attached hydrogens (tertiary/aromatic N) is 1. The van der Waals surface area contributed by atoms with Crippen LogP contribution in [0.5, 0.6) is 11.5 Å². The molecule has 1 N–H and O–H groups in total. The van der Waals surface area contributed by atoms with Gasteiger partial charge >= 0.3 is 0 Å². The fourth-order valence-electron chi connectivity index (χ4n) is 2.21. The van der Waals surface area contributed by atoms with Crippen LogP contribution in [-0.4, -0.2) is 16.3 Å². The Morgan fingerprint density at radius 3 is 2.76 bits per heavy atom. The molecule has 1 radical (unpaired) electrons. The van der Waals surface area contributed by atoms with Gasteiger partial charge in [-0.3, -0.25) is 4.79 Å². The molecule has 0 saturated carbocycles. The van der Waals surface area contributed by atoms with Crippen LogP contribution in [0.2, 0.25) is 0 Å². The average molecular weight is 288 g/mol. The van der Waals surface area contributed by atoms with Crippen LogP contribution < -0.4 is 10.3 Å². The van der Waals surface area contributed by atoms with Crippen molar-refractivity contribution < 1.29 is 9.84 Å². The van der Waals surface area contributed by atoms with Gasteiger partial charge in [-0.1, -0.05) is 27.2 Å². The standard InChI is InChI=1S/C17H22NO3/c1-4-5-8-21-16-11-18(10-12(2)3)17(20)14-7-6-13(19)9-15(14)16/h6-7,9,12,19H,4-5,8,10H2,1-3H3. The second-order valence-corrected chi connectivity index (χ2v) is 5.68. The van der Waals surface area contributed by atoms with Gasteiger partial charge in [0.15, 0.2) is 5.75 Å². The zero-order valence-electron chi connectivity index (χ0n) is 12.8. The van der Waals surface area contributed by atoms with Crippen molar-refractivity contribution in [3.05, 3.63) is 34.7 Å². The third-order valence-corrected chi connectivity index (χ3v) is 3.25. The van der Waals surface area contributed by atoms with Gasteiger partial charge in [-0.15, -0.1) is 0 Å². The molecule has 4 heteroatoms. The van der Waals surface area contributed by atoms with E-state index >= 15 is 0 Å². The van der Waals surface area contributed by atoms with Crippen molar-refractivity contribution in [2.45, 2.75) is 40.2 Å². The lowest BCUT2D eigenvalue weighted by atomic mass is 10.1. The minimum Gasteiger partial charge on any atom is -0.508 e. The summed E-state index contributed by atoms with van der Waals surface area (Å²) in [6.45, 7) is 7.38. The van der Waals surface area contributed by atoms with Gasteiger partial charge in [-0.2, -0.15) is 0 Å². The Morgan fingerprint density at radius 2 is 2.10 bits per heavy atom. The van der Waals surface area contributed by atoms with Gasteiger partial charge in [0.05, 0.1) is 12.0 Å². The maximum Gasteiger partial charge on any atom is 0.259 e. The topological polar surface area (TPSA) is 51.5 Å². The minimum atomic E-state index is -0.0958. The normalized spacial score (nSPS) is 11.2. The van der Waals surface area contributed by atoms with Crippen molar-refractivity contribution in [3.63, 3.8) is 0 Å². The lowest BCUT2D eigenvalue weighted by Crippen LogP contribution is -2.23. The van der Waals surface area contributed by atoms with Crippen molar-refractivity contribution in [1.29, 1.82) is 0 Å². The average Bonchev–Trinajstić information content (AvgIpc) is 2.43. The van der Waals surface area contributed by atoms with Crippen molar-refractivity contribution in [1.82, 2.24) is 4.57 Å². The summed E-state index contributed by atoms with van der Waals surface area (Å²) in [6, 6.07) is 4.73. The summed E-state index contributed by atoms with van der Waals surface area (Å²) in [5.74, 6) is 1.00. The summed E-state index contributed by atoms with van der Waals surface area (Å²) in [4.78, 5) is 12.5. The number of unbranched alkanes of at least 4 members (excludes halogenated alkanes) is 1. The van der Waals surface area contributed by atoms with Gasteiger partial charge < -0.3 is 14.4 Å². The Balaban J connectivity index is 2.54. The van der Waals surface area contributed by atoms with E-state index < -0.39 is 0 Å². The Kier molecular flexibility index (Phi) is 4.89. The monoisotopic (exact) mass is 288 g/mol. The molecule has 4 nitrogen and oxygen atoms in total. The van der Waals surface area contributed by atoms with E-state index in [0.717, 1.165) is 12.8 Å². The van der Waals surface area contributed by atoms with E-state index in [9.17, 15) is 9.90 Å². The van der Waals surface area contributed by atoms with Gasteiger partial charge in [0.1, 0.15) is 11.9 Å². The van der Waals surface area contributed by atoms with Crippen LogP contribution in [0.15, 0.2) is 23.0 Å². The number of ether oxygens (including phenoxy) is 1. The minimum absolute atomic E-state index is 0.0958. The first-order chi connectivity index (χ1) is 10.0. The SMILES string of the molecule is CCCCOc1[c]n(CC(C)C)c(=O)c2ccc(O)cc12. The predicted octanol–water partition coefficient (Wildman–Crippen LogP) is 3.34. The second kappa shape index (κ2) is 6.66. The number of phenolic OH excluding ortho intramolecular Hbond substituents is 1. The number of aromatic nitrogens is 1. The molecule has 1 heterocycles. The van der Waals surface area contributed by atoms with Crippen LogP contribution in [0, 0.1) is 12.1 Å². The summed E-state index contributed by atoms with van der Waals surface area (Å²) in [6.07, 6.45) is 5.02. The van der Waals surface area contributed by atoms with E-state index in [0.29, 0.717) is 35.6 Å². The molecule has 0 aliphatic carbocycles. The number of pyridine rings is 1. The third kappa shape index (κ3) is 3.57. The molecular weight excluding hydrogens is 266 g/mol. The van der Waals surface area contributed by atoms with Gasteiger partial charge in [0, 0.05) is 11.9 Å². The Labute approximate surface area is 125 Å². The molecular formula is C17H22NO3. The quantitative estimate of drug-likeness (QED) is 0.829. The molecule has 1 aromatic carbocycles. The van der Waals surface area contributed by atoms with Crippen molar-refractivity contribution >= 4 is 10.8 Å². The highest BCUT2D eigenvalue weighted by Crippen LogP contribution is 2.26. The first kappa shape index (κ1) is 15.4. The third-order valence-electron chi connectivity index (χ3n) is 3.25. The first-order valence-corrected chi connectivity index (χ1v) is 7.44. The first-order valence-electron chi connectivity index (χ1n) is 7.44. The number of aromatic hydroxyl groups is 1. The largest absolute Gasteiger partial charge is 0.508 e. The number of hydrogen-bond donors (Lipinski definition) is 1. The van der Waals surface area contributed by atoms with Gasteiger partial charge in [-0.05, 0) is 30.5 Å². The highest BCUT2D eigenvalue weighted by atomic mass is 16.5. The van der Waals surface area contributed by atoms with Crippen LogP contribution in [0.25, 0.3) is 10.8 Å². The Hall–Kier alpha value is -1.97. The zero-order valence-corrected chi connectivity index (χ0v) is 12.8. The molecule has 2 aromatic rings.